The first-order chi connectivity index (χ1) is 17.2. The second-order valence-electron chi connectivity index (χ2n) is 9.07. The molecule has 168 valence electrons. The van der Waals surface area contributed by atoms with Crippen molar-refractivity contribution in [1.82, 2.24) is 4.98 Å². The number of aromatic nitrogens is 1. The molecule has 0 saturated heterocycles. The summed E-state index contributed by atoms with van der Waals surface area (Å²) < 4.78 is 0. The number of hydrogen-bond acceptors (Lipinski definition) is 1. The van der Waals surface area contributed by atoms with Gasteiger partial charge in [-0.1, -0.05) is 120 Å². The molecule has 35 heavy (non-hydrogen) atoms. The summed E-state index contributed by atoms with van der Waals surface area (Å²) in [5.74, 6) is 0. The van der Waals surface area contributed by atoms with E-state index >= 15 is 0 Å². The average molecular weight is 468 g/mol. The molecule has 0 N–H and O–H groups in total. The van der Waals surface area contributed by atoms with Crippen molar-refractivity contribution in [3.05, 3.63) is 133 Å². The van der Waals surface area contributed by atoms with Crippen LogP contribution in [0.2, 0.25) is 0 Å². The highest BCUT2D eigenvalue weighted by molar-refractivity contribution is 7.80. The Hall–Kier alpha value is -3.80. The van der Waals surface area contributed by atoms with Crippen molar-refractivity contribution in [1.29, 1.82) is 0 Å². The monoisotopic (exact) mass is 467 g/mol. The van der Waals surface area contributed by atoms with Crippen molar-refractivity contribution in [2.45, 2.75) is 13.8 Å². The molecular weight excluding hydrogens is 441 g/mol. The van der Waals surface area contributed by atoms with E-state index in [0.29, 0.717) is 0 Å². The van der Waals surface area contributed by atoms with Crippen LogP contribution in [0.15, 0.2) is 121 Å². The summed E-state index contributed by atoms with van der Waals surface area (Å²) >= 11 is 0. The van der Waals surface area contributed by atoms with Crippen molar-refractivity contribution >= 4 is 45.4 Å². The second-order valence-corrected chi connectivity index (χ2v) is 11.3. The Morgan fingerprint density at radius 1 is 0.543 bits per heavy atom. The molecule has 5 aromatic carbocycles. The van der Waals surface area contributed by atoms with E-state index in [4.69, 9.17) is 4.98 Å². The number of benzene rings is 5. The number of fused-ring (bicyclic) bond motifs is 2. The number of nitrogens with zero attached hydrogens (tertiary/aromatic N) is 1. The molecule has 0 bridgehead atoms. The molecule has 0 radical (unpaired) electrons. The molecule has 6 aromatic rings. The Balaban J connectivity index is 1.74. The fourth-order valence-electron chi connectivity index (χ4n) is 4.98. The van der Waals surface area contributed by atoms with E-state index in [1.165, 1.54) is 54.1 Å². The van der Waals surface area contributed by atoms with Crippen molar-refractivity contribution in [3.8, 4) is 11.3 Å². The third-order valence-electron chi connectivity index (χ3n) is 6.58. The van der Waals surface area contributed by atoms with Gasteiger partial charge >= 0.3 is 0 Å². The van der Waals surface area contributed by atoms with Gasteiger partial charge in [-0.3, -0.25) is 4.98 Å². The standard InChI is InChI=1S/C33H26NP/c1-23-9-7-13-27(21-23)35(28-14-8-10-24(2)22-28)31-18-17-25-11-3-5-15-29(25)32(31)33-30-16-6-4-12-26(30)19-20-34-33/h3-22H,1-2H3. The van der Waals surface area contributed by atoms with Gasteiger partial charge < -0.3 is 0 Å². The quantitative estimate of drug-likeness (QED) is 0.246. The lowest BCUT2D eigenvalue weighted by Crippen LogP contribution is -2.23. The predicted molar refractivity (Wildman–Crippen MR) is 153 cm³/mol. The molecule has 0 spiro atoms. The fourth-order valence-corrected chi connectivity index (χ4v) is 7.64. The van der Waals surface area contributed by atoms with Gasteiger partial charge in [0.1, 0.15) is 0 Å². The third-order valence-corrected chi connectivity index (χ3v) is 9.02. The molecule has 1 aromatic heterocycles. The highest BCUT2D eigenvalue weighted by atomic mass is 31.1. The Morgan fingerprint density at radius 3 is 1.80 bits per heavy atom. The normalized spacial score (nSPS) is 11.4. The summed E-state index contributed by atoms with van der Waals surface area (Å²) in [5.41, 5.74) is 4.87. The van der Waals surface area contributed by atoms with Gasteiger partial charge in [-0.05, 0) is 59.9 Å². The molecule has 6 rings (SSSR count). The third kappa shape index (κ3) is 4.03. The predicted octanol–water partition coefficient (Wildman–Crippen LogP) is 7.43. The first-order valence-corrected chi connectivity index (χ1v) is 13.3. The van der Waals surface area contributed by atoms with Crippen molar-refractivity contribution in [2.75, 3.05) is 0 Å². The summed E-state index contributed by atoms with van der Waals surface area (Å²) in [6, 6.07) is 42.0. The zero-order valence-corrected chi connectivity index (χ0v) is 20.8. The average Bonchev–Trinajstić information content (AvgIpc) is 2.89. The van der Waals surface area contributed by atoms with Gasteiger partial charge in [0.2, 0.25) is 0 Å². The summed E-state index contributed by atoms with van der Waals surface area (Å²) in [6.45, 7) is 4.36. The highest BCUT2D eigenvalue weighted by Crippen LogP contribution is 2.41. The smallest absolute Gasteiger partial charge is 0.0793 e. The van der Waals surface area contributed by atoms with Crippen LogP contribution in [0.4, 0.5) is 0 Å². The SMILES string of the molecule is Cc1cccc(P(c2cccc(C)c2)c2ccc3ccccc3c2-c2nccc3ccccc23)c1. The van der Waals surface area contributed by atoms with Gasteiger partial charge in [-0.2, -0.15) is 0 Å². The van der Waals surface area contributed by atoms with E-state index in [9.17, 15) is 0 Å². The molecule has 1 heterocycles. The molecule has 0 atom stereocenters. The van der Waals surface area contributed by atoms with Gasteiger partial charge in [-0.25, -0.2) is 0 Å². The summed E-state index contributed by atoms with van der Waals surface area (Å²) in [4.78, 5) is 5.00. The summed E-state index contributed by atoms with van der Waals surface area (Å²) in [5, 5.41) is 8.97. The number of aryl methyl sites for hydroxylation is 2. The van der Waals surface area contributed by atoms with Gasteiger partial charge in [0.25, 0.3) is 0 Å². The molecular formula is C33H26NP. The van der Waals surface area contributed by atoms with Crippen molar-refractivity contribution in [3.63, 3.8) is 0 Å². The number of hydrogen-bond donors (Lipinski definition) is 0. The van der Waals surface area contributed by atoms with Crippen LogP contribution >= 0.6 is 7.92 Å². The van der Waals surface area contributed by atoms with Crippen molar-refractivity contribution in [2.24, 2.45) is 0 Å². The van der Waals surface area contributed by atoms with Crippen LogP contribution in [-0.4, -0.2) is 4.98 Å². The molecule has 0 aliphatic rings. The largest absolute Gasteiger partial charge is 0.256 e. The molecule has 0 amide bonds. The Morgan fingerprint density at radius 2 is 1.14 bits per heavy atom. The Labute approximate surface area is 207 Å². The topological polar surface area (TPSA) is 12.9 Å². The lowest BCUT2D eigenvalue weighted by molar-refractivity contribution is 1.37. The van der Waals surface area contributed by atoms with Gasteiger partial charge in [0.05, 0.1) is 5.69 Å². The van der Waals surface area contributed by atoms with Gasteiger partial charge in [0.15, 0.2) is 0 Å². The molecule has 2 heteroatoms. The maximum atomic E-state index is 5.00. The van der Waals surface area contributed by atoms with Gasteiger partial charge in [0, 0.05) is 17.1 Å². The second kappa shape index (κ2) is 9.10. The zero-order valence-electron chi connectivity index (χ0n) is 19.9. The van der Waals surface area contributed by atoms with E-state index in [1.807, 2.05) is 6.20 Å². The van der Waals surface area contributed by atoms with Crippen molar-refractivity contribution < 1.29 is 0 Å². The fraction of sp³-hybridized carbons (Fsp3) is 0.0606. The van der Waals surface area contributed by atoms with E-state index in [1.54, 1.807) is 0 Å². The molecule has 0 aliphatic heterocycles. The minimum atomic E-state index is -0.791. The van der Waals surface area contributed by atoms with Crippen LogP contribution in [0.25, 0.3) is 32.8 Å². The Bertz CT molecular complexity index is 1630. The van der Waals surface area contributed by atoms with Crippen LogP contribution in [0.1, 0.15) is 11.1 Å². The molecule has 0 unspecified atom stereocenters. The van der Waals surface area contributed by atoms with Crippen LogP contribution in [0, 0.1) is 13.8 Å². The summed E-state index contributed by atoms with van der Waals surface area (Å²) in [6.07, 6.45) is 1.95. The minimum absolute atomic E-state index is 0.791. The Kier molecular flexibility index (Phi) is 5.64. The van der Waals surface area contributed by atoms with Crippen LogP contribution in [-0.2, 0) is 0 Å². The van der Waals surface area contributed by atoms with E-state index in [0.717, 1.165) is 5.69 Å². The lowest BCUT2D eigenvalue weighted by atomic mass is 9.98. The molecule has 0 fully saturated rings. The maximum Gasteiger partial charge on any atom is 0.0793 e. The number of pyridine rings is 1. The molecule has 0 saturated carbocycles. The van der Waals surface area contributed by atoms with E-state index in [-0.39, 0.29) is 0 Å². The summed E-state index contributed by atoms with van der Waals surface area (Å²) in [7, 11) is -0.791. The first-order valence-electron chi connectivity index (χ1n) is 12.0. The molecule has 0 aliphatic carbocycles. The van der Waals surface area contributed by atoms with Crippen LogP contribution < -0.4 is 15.9 Å². The van der Waals surface area contributed by atoms with Crippen LogP contribution in [0.5, 0.6) is 0 Å². The first kappa shape index (κ1) is 21.7. The minimum Gasteiger partial charge on any atom is -0.256 e. The van der Waals surface area contributed by atoms with Gasteiger partial charge in [-0.15, -0.1) is 0 Å². The highest BCUT2D eigenvalue weighted by Gasteiger charge is 2.24. The van der Waals surface area contributed by atoms with E-state index < -0.39 is 7.92 Å². The van der Waals surface area contributed by atoms with Crippen LogP contribution in [0.3, 0.4) is 0 Å². The maximum absolute atomic E-state index is 5.00. The number of rotatable bonds is 4. The molecule has 1 nitrogen and oxygen atoms in total. The van der Waals surface area contributed by atoms with E-state index in [2.05, 4.69) is 129 Å². The lowest BCUT2D eigenvalue weighted by Gasteiger charge is -2.24. The zero-order chi connectivity index (χ0) is 23.8.